The molecule has 0 aliphatic heterocycles. The molecule has 2 aromatic rings. The third-order valence-electron chi connectivity index (χ3n) is 1.78. The van der Waals surface area contributed by atoms with Crippen LogP contribution in [0.15, 0.2) is 23.6 Å². The minimum atomic E-state index is -0.563. The Hall–Kier alpha value is -1.37. The smallest absolute Gasteiger partial charge is 0.288 e. The maximum atomic E-state index is 10.5. The molecule has 0 amide bonds. The van der Waals surface area contributed by atoms with E-state index in [4.69, 9.17) is 27.9 Å². The first-order chi connectivity index (χ1) is 8.06. The molecule has 0 unspecified atom stereocenters. The number of nitro groups is 1. The quantitative estimate of drug-likeness (QED) is 0.629. The van der Waals surface area contributed by atoms with Gasteiger partial charge < -0.3 is 4.74 Å². The minimum Gasteiger partial charge on any atom is -0.431 e. The highest BCUT2D eigenvalue weighted by Gasteiger charge is 2.13. The summed E-state index contributed by atoms with van der Waals surface area (Å²) >= 11 is 12.6. The van der Waals surface area contributed by atoms with Gasteiger partial charge in [0.05, 0.1) is 4.92 Å². The van der Waals surface area contributed by atoms with Crippen LogP contribution in [0.5, 0.6) is 10.9 Å². The molecule has 88 valence electrons. The first-order valence-electron chi connectivity index (χ1n) is 4.29. The summed E-state index contributed by atoms with van der Waals surface area (Å²) in [6.45, 7) is 0. The second-order valence-electron chi connectivity index (χ2n) is 2.91. The molecule has 0 aliphatic rings. The topological polar surface area (TPSA) is 65.3 Å². The second kappa shape index (κ2) is 4.87. The van der Waals surface area contributed by atoms with Gasteiger partial charge in [-0.05, 0) is 6.07 Å². The van der Waals surface area contributed by atoms with Crippen LogP contribution < -0.4 is 4.74 Å². The molecule has 1 aromatic carbocycles. The van der Waals surface area contributed by atoms with Crippen molar-refractivity contribution in [3.8, 4) is 10.9 Å². The lowest BCUT2D eigenvalue weighted by atomic mass is 10.3. The number of hydrogen-bond donors (Lipinski definition) is 0. The lowest BCUT2D eigenvalue weighted by Crippen LogP contribution is -1.90. The van der Waals surface area contributed by atoms with Crippen LogP contribution in [-0.4, -0.2) is 9.91 Å². The average Bonchev–Trinajstić information content (AvgIpc) is 2.63. The number of ether oxygens (including phenoxy) is 1. The van der Waals surface area contributed by atoms with Gasteiger partial charge >= 0.3 is 0 Å². The Bertz CT molecular complexity index is 573. The highest BCUT2D eigenvalue weighted by molar-refractivity contribution is 7.11. The van der Waals surface area contributed by atoms with Crippen LogP contribution in [0.25, 0.3) is 0 Å². The Morgan fingerprint density at radius 1 is 1.41 bits per heavy atom. The van der Waals surface area contributed by atoms with Crippen LogP contribution in [0.4, 0.5) is 5.69 Å². The highest BCUT2D eigenvalue weighted by atomic mass is 35.5. The van der Waals surface area contributed by atoms with E-state index < -0.39 is 4.92 Å². The van der Waals surface area contributed by atoms with Crippen molar-refractivity contribution >= 4 is 40.2 Å². The van der Waals surface area contributed by atoms with E-state index in [0.717, 1.165) is 0 Å². The number of hydrogen-bond acceptors (Lipinski definition) is 5. The second-order valence-corrected chi connectivity index (χ2v) is 4.52. The van der Waals surface area contributed by atoms with Gasteiger partial charge in [-0.3, -0.25) is 10.1 Å². The number of nitro benzene ring substituents is 1. The summed E-state index contributed by atoms with van der Waals surface area (Å²) in [6.07, 6.45) is 0. The summed E-state index contributed by atoms with van der Waals surface area (Å²) in [5.41, 5.74) is -0.170. The molecule has 1 aromatic heterocycles. The van der Waals surface area contributed by atoms with Gasteiger partial charge in [-0.2, -0.15) is 4.98 Å². The van der Waals surface area contributed by atoms with Gasteiger partial charge in [0.25, 0.3) is 10.9 Å². The highest BCUT2D eigenvalue weighted by Crippen LogP contribution is 2.32. The molecule has 0 saturated carbocycles. The van der Waals surface area contributed by atoms with Crippen LogP contribution in [0, 0.1) is 10.1 Å². The molecule has 17 heavy (non-hydrogen) atoms. The fourth-order valence-electron chi connectivity index (χ4n) is 1.09. The molecule has 0 atom stereocenters. The van der Waals surface area contributed by atoms with Crippen molar-refractivity contribution in [3.63, 3.8) is 0 Å². The summed E-state index contributed by atoms with van der Waals surface area (Å²) in [5, 5.41) is 12.9. The largest absolute Gasteiger partial charge is 0.431 e. The molecular formula is C9H4Cl2N2O3S. The Balaban J connectivity index is 2.23. The van der Waals surface area contributed by atoms with E-state index in [1.807, 2.05) is 0 Å². The molecule has 8 heteroatoms. The summed E-state index contributed by atoms with van der Waals surface area (Å²) in [6, 6.07) is 4.07. The first-order valence-corrected chi connectivity index (χ1v) is 5.92. The predicted octanol–water partition coefficient (Wildman–Crippen LogP) is 4.15. The number of benzene rings is 1. The fourth-order valence-corrected chi connectivity index (χ4v) is 2.13. The van der Waals surface area contributed by atoms with E-state index in [1.54, 1.807) is 5.38 Å². The summed E-state index contributed by atoms with van der Waals surface area (Å²) in [7, 11) is 0. The maximum absolute atomic E-state index is 10.5. The molecule has 0 aliphatic carbocycles. The Morgan fingerprint density at radius 2 is 2.18 bits per heavy atom. The van der Waals surface area contributed by atoms with Crippen molar-refractivity contribution < 1.29 is 9.66 Å². The van der Waals surface area contributed by atoms with Crippen molar-refractivity contribution in [1.82, 2.24) is 4.98 Å². The Morgan fingerprint density at radius 3 is 2.71 bits per heavy atom. The van der Waals surface area contributed by atoms with Crippen LogP contribution >= 0.6 is 34.5 Å². The summed E-state index contributed by atoms with van der Waals surface area (Å²) in [5.74, 6) is 0.367. The standard InChI is InChI=1S/C9H4Cl2N2O3S/c10-6-3-5(1-2-7(6)13(14)15)16-9-12-8(11)4-17-9/h1-4H. The van der Waals surface area contributed by atoms with E-state index in [2.05, 4.69) is 4.98 Å². The van der Waals surface area contributed by atoms with Crippen LogP contribution in [-0.2, 0) is 0 Å². The molecule has 1 heterocycles. The van der Waals surface area contributed by atoms with E-state index in [0.29, 0.717) is 16.1 Å². The lowest BCUT2D eigenvalue weighted by Gasteiger charge is -2.01. The number of rotatable bonds is 3. The summed E-state index contributed by atoms with van der Waals surface area (Å²) < 4.78 is 5.33. The molecule has 5 nitrogen and oxygen atoms in total. The van der Waals surface area contributed by atoms with Crippen LogP contribution in [0.1, 0.15) is 0 Å². The normalized spacial score (nSPS) is 10.2. The molecule has 0 radical (unpaired) electrons. The van der Waals surface area contributed by atoms with Crippen molar-refractivity contribution in [2.45, 2.75) is 0 Å². The molecule has 0 saturated heterocycles. The van der Waals surface area contributed by atoms with Crippen molar-refractivity contribution in [3.05, 3.63) is 43.9 Å². The fraction of sp³-hybridized carbons (Fsp3) is 0. The molecular weight excluding hydrogens is 287 g/mol. The number of halogens is 2. The number of thiazole rings is 1. The van der Waals surface area contributed by atoms with E-state index in [1.165, 1.54) is 29.5 Å². The maximum Gasteiger partial charge on any atom is 0.288 e. The van der Waals surface area contributed by atoms with E-state index in [9.17, 15) is 10.1 Å². The third-order valence-corrected chi connectivity index (χ3v) is 3.12. The van der Waals surface area contributed by atoms with Crippen molar-refractivity contribution in [2.75, 3.05) is 0 Å². The number of aromatic nitrogens is 1. The molecule has 0 bridgehead atoms. The minimum absolute atomic E-state index is 0.00940. The van der Waals surface area contributed by atoms with Crippen LogP contribution in [0.3, 0.4) is 0 Å². The van der Waals surface area contributed by atoms with Crippen molar-refractivity contribution in [1.29, 1.82) is 0 Å². The van der Waals surface area contributed by atoms with Gasteiger partial charge in [0.2, 0.25) is 0 Å². The van der Waals surface area contributed by atoms with Gasteiger partial charge in [0.15, 0.2) is 0 Å². The SMILES string of the molecule is O=[N+]([O-])c1ccc(Oc2nc(Cl)cs2)cc1Cl. The van der Waals surface area contributed by atoms with Gasteiger partial charge in [0, 0.05) is 17.5 Å². The molecule has 0 N–H and O–H groups in total. The third kappa shape index (κ3) is 2.85. The van der Waals surface area contributed by atoms with E-state index in [-0.39, 0.29) is 10.7 Å². The van der Waals surface area contributed by atoms with Crippen molar-refractivity contribution in [2.24, 2.45) is 0 Å². The molecule has 2 rings (SSSR count). The zero-order valence-corrected chi connectivity index (χ0v) is 10.4. The number of nitrogens with zero attached hydrogens (tertiary/aromatic N) is 2. The molecule has 0 fully saturated rings. The molecule has 0 spiro atoms. The van der Waals surface area contributed by atoms with Gasteiger partial charge in [0.1, 0.15) is 15.9 Å². The van der Waals surface area contributed by atoms with E-state index >= 15 is 0 Å². The zero-order valence-electron chi connectivity index (χ0n) is 8.09. The zero-order chi connectivity index (χ0) is 12.4. The van der Waals surface area contributed by atoms with Gasteiger partial charge in [-0.25, -0.2) is 0 Å². The average molecular weight is 291 g/mol. The monoisotopic (exact) mass is 290 g/mol. The Labute approximate surface area is 110 Å². The van der Waals surface area contributed by atoms with Gasteiger partial charge in [-0.15, -0.1) is 0 Å². The Kier molecular flexibility index (Phi) is 3.46. The first kappa shape index (κ1) is 12.1. The van der Waals surface area contributed by atoms with Crippen LogP contribution in [0.2, 0.25) is 10.2 Å². The van der Waals surface area contributed by atoms with Gasteiger partial charge in [-0.1, -0.05) is 34.5 Å². The lowest BCUT2D eigenvalue weighted by molar-refractivity contribution is -0.384. The predicted molar refractivity (Wildman–Crippen MR) is 65.3 cm³/mol. The summed E-state index contributed by atoms with van der Waals surface area (Å²) in [4.78, 5) is 13.9.